The van der Waals surface area contributed by atoms with Crippen molar-refractivity contribution in [3.63, 3.8) is 0 Å². The van der Waals surface area contributed by atoms with E-state index in [0.717, 1.165) is 16.4 Å². The molecule has 1 N–H and O–H groups in total. The fraction of sp³-hybridized carbons (Fsp3) is 0.429. The minimum Gasteiger partial charge on any atom is -0.396 e. The summed E-state index contributed by atoms with van der Waals surface area (Å²) in [6, 6.07) is 7.48. The highest BCUT2D eigenvalue weighted by Crippen LogP contribution is 2.21. The quantitative estimate of drug-likeness (QED) is 0.518. The Labute approximate surface area is 116 Å². The number of aliphatic hydroxyl groups is 1. The van der Waals surface area contributed by atoms with Crippen molar-refractivity contribution in [1.82, 2.24) is 9.55 Å². The molecule has 0 radical (unpaired) electrons. The van der Waals surface area contributed by atoms with Gasteiger partial charge in [0.25, 0.3) is 5.56 Å². The predicted molar refractivity (Wildman–Crippen MR) is 78.8 cm³/mol. The third-order valence-corrected chi connectivity index (χ3v) is 3.86. The Morgan fingerprint density at radius 3 is 2.79 bits per heavy atom. The predicted octanol–water partition coefficient (Wildman–Crippen LogP) is 2.45. The molecule has 2 rings (SSSR count). The first kappa shape index (κ1) is 14.1. The molecular weight excluding hydrogens is 260 g/mol. The van der Waals surface area contributed by atoms with Crippen LogP contribution in [-0.4, -0.2) is 27.0 Å². The summed E-state index contributed by atoms with van der Waals surface area (Å²) in [6.45, 7) is 4.12. The Bertz CT molecular complexity index is 622. The smallest absolute Gasteiger partial charge is 0.262 e. The van der Waals surface area contributed by atoms with Crippen molar-refractivity contribution in [3.8, 4) is 0 Å². The molecule has 1 heterocycles. The van der Waals surface area contributed by atoms with E-state index in [1.165, 1.54) is 11.8 Å². The third kappa shape index (κ3) is 2.98. The number of aliphatic hydroxyl groups excluding tert-OH is 1. The van der Waals surface area contributed by atoms with Gasteiger partial charge in [-0.1, -0.05) is 23.9 Å². The van der Waals surface area contributed by atoms with Crippen LogP contribution in [0, 0.1) is 0 Å². The monoisotopic (exact) mass is 278 g/mol. The zero-order chi connectivity index (χ0) is 13.8. The zero-order valence-corrected chi connectivity index (χ0v) is 12.0. The van der Waals surface area contributed by atoms with E-state index in [4.69, 9.17) is 5.11 Å². The lowest BCUT2D eigenvalue weighted by atomic mass is 10.2. The van der Waals surface area contributed by atoms with E-state index in [-0.39, 0.29) is 18.2 Å². The summed E-state index contributed by atoms with van der Waals surface area (Å²) in [5.41, 5.74) is 0.739. The van der Waals surface area contributed by atoms with Gasteiger partial charge in [0, 0.05) is 18.4 Å². The summed E-state index contributed by atoms with van der Waals surface area (Å²) < 4.78 is 1.73. The minimum absolute atomic E-state index is 0.00657. The number of nitrogens with zero attached hydrogens (tertiary/aromatic N) is 2. The van der Waals surface area contributed by atoms with Crippen molar-refractivity contribution in [2.75, 3.05) is 12.4 Å². The van der Waals surface area contributed by atoms with Crippen molar-refractivity contribution in [2.24, 2.45) is 0 Å². The van der Waals surface area contributed by atoms with Crippen molar-refractivity contribution in [1.29, 1.82) is 0 Å². The molecule has 0 saturated carbocycles. The first-order chi connectivity index (χ1) is 9.15. The fourth-order valence-corrected chi connectivity index (χ4v) is 2.96. The highest BCUT2D eigenvalue weighted by molar-refractivity contribution is 7.99. The average molecular weight is 278 g/mol. The Balaban J connectivity index is 2.54. The lowest BCUT2D eigenvalue weighted by molar-refractivity contribution is 0.296. The van der Waals surface area contributed by atoms with E-state index in [1.807, 2.05) is 38.1 Å². The largest absolute Gasteiger partial charge is 0.396 e. The van der Waals surface area contributed by atoms with Crippen LogP contribution in [0.15, 0.2) is 34.2 Å². The number of para-hydroxylation sites is 1. The van der Waals surface area contributed by atoms with E-state index in [0.29, 0.717) is 11.8 Å². The van der Waals surface area contributed by atoms with Gasteiger partial charge in [0.2, 0.25) is 0 Å². The third-order valence-electron chi connectivity index (χ3n) is 2.83. The van der Waals surface area contributed by atoms with Crippen LogP contribution in [0.3, 0.4) is 0 Å². The van der Waals surface area contributed by atoms with Gasteiger partial charge in [-0.2, -0.15) is 0 Å². The van der Waals surface area contributed by atoms with Crippen LogP contribution < -0.4 is 5.56 Å². The van der Waals surface area contributed by atoms with Gasteiger partial charge in [-0.3, -0.25) is 9.36 Å². The molecule has 5 heteroatoms. The van der Waals surface area contributed by atoms with Crippen LogP contribution >= 0.6 is 11.8 Å². The first-order valence-electron chi connectivity index (χ1n) is 6.40. The molecule has 0 atom stereocenters. The fourth-order valence-electron chi connectivity index (χ4n) is 1.91. The maximum absolute atomic E-state index is 12.5. The van der Waals surface area contributed by atoms with E-state index >= 15 is 0 Å². The van der Waals surface area contributed by atoms with E-state index in [2.05, 4.69) is 4.98 Å². The molecule has 0 fully saturated rings. The van der Waals surface area contributed by atoms with E-state index in [1.54, 1.807) is 4.57 Å². The molecule has 0 spiro atoms. The molecule has 0 amide bonds. The molecule has 0 bridgehead atoms. The second-order valence-corrected chi connectivity index (χ2v) is 5.67. The van der Waals surface area contributed by atoms with Crippen LogP contribution in [0.1, 0.15) is 26.3 Å². The van der Waals surface area contributed by atoms with E-state index < -0.39 is 0 Å². The second kappa shape index (κ2) is 6.21. The highest BCUT2D eigenvalue weighted by atomic mass is 32.2. The molecule has 19 heavy (non-hydrogen) atoms. The summed E-state index contributed by atoms with van der Waals surface area (Å²) in [6.07, 6.45) is 0.700. The molecule has 0 unspecified atom stereocenters. The highest BCUT2D eigenvalue weighted by Gasteiger charge is 2.13. The number of thioether (sulfide) groups is 1. The topological polar surface area (TPSA) is 55.1 Å². The summed E-state index contributed by atoms with van der Waals surface area (Å²) in [5, 5.41) is 10.2. The molecule has 4 nitrogen and oxygen atoms in total. The van der Waals surface area contributed by atoms with Gasteiger partial charge >= 0.3 is 0 Å². The molecule has 1 aromatic carbocycles. The summed E-state index contributed by atoms with van der Waals surface area (Å²) >= 11 is 1.52. The summed E-state index contributed by atoms with van der Waals surface area (Å²) in [4.78, 5) is 17.1. The molecular formula is C14H18N2O2S. The van der Waals surface area contributed by atoms with Crippen molar-refractivity contribution < 1.29 is 5.11 Å². The zero-order valence-electron chi connectivity index (χ0n) is 11.2. The number of rotatable bonds is 5. The molecule has 0 saturated heterocycles. The Morgan fingerprint density at radius 2 is 2.11 bits per heavy atom. The first-order valence-corrected chi connectivity index (χ1v) is 7.38. The SMILES string of the molecule is CC(C)n1c(SCCCO)nc2ccccc2c1=O. The van der Waals surface area contributed by atoms with E-state index in [9.17, 15) is 4.79 Å². The van der Waals surface area contributed by atoms with Crippen LogP contribution in [0.5, 0.6) is 0 Å². The molecule has 2 aromatic rings. The minimum atomic E-state index is 0.00657. The number of hydrogen-bond acceptors (Lipinski definition) is 4. The van der Waals surface area contributed by atoms with Gasteiger partial charge in [-0.05, 0) is 32.4 Å². The van der Waals surface area contributed by atoms with Crippen molar-refractivity contribution >= 4 is 22.7 Å². The maximum atomic E-state index is 12.5. The Hall–Kier alpha value is -1.33. The van der Waals surface area contributed by atoms with Gasteiger partial charge < -0.3 is 5.11 Å². The number of benzene rings is 1. The van der Waals surface area contributed by atoms with Crippen LogP contribution in [-0.2, 0) is 0 Å². The van der Waals surface area contributed by atoms with Gasteiger partial charge in [0.1, 0.15) is 0 Å². The van der Waals surface area contributed by atoms with Crippen LogP contribution in [0.4, 0.5) is 0 Å². The van der Waals surface area contributed by atoms with Crippen molar-refractivity contribution in [3.05, 3.63) is 34.6 Å². The lowest BCUT2D eigenvalue weighted by Gasteiger charge is -2.15. The molecule has 1 aromatic heterocycles. The number of hydrogen-bond donors (Lipinski definition) is 1. The normalized spacial score (nSPS) is 11.4. The van der Waals surface area contributed by atoms with Gasteiger partial charge in [0.15, 0.2) is 5.16 Å². The Morgan fingerprint density at radius 1 is 1.37 bits per heavy atom. The summed E-state index contributed by atoms with van der Waals surface area (Å²) in [5.74, 6) is 0.758. The molecule has 0 aliphatic rings. The standard InChI is InChI=1S/C14H18N2O2S/c1-10(2)16-13(18)11-6-3-4-7-12(11)15-14(16)19-9-5-8-17/h3-4,6-7,10,17H,5,8-9H2,1-2H3. The van der Waals surface area contributed by atoms with Crippen LogP contribution in [0.25, 0.3) is 10.9 Å². The molecule has 102 valence electrons. The Kier molecular flexibility index (Phi) is 4.61. The second-order valence-electron chi connectivity index (χ2n) is 4.61. The average Bonchev–Trinajstić information content (AvgIpc) is 2.39. The number of aromatic nitrogens is 2. The van der Waals surface area contributed by atoms with Crippen LogP contribution in [0.2, 0.25) is 0 Å². The summed E-state index contributed by atoms with van der Waals surface area (Å²) in [7, 11) is 0. The molecule has 0 aliphatic heterocycles. The van der Waals surface area contributed by atoms with Gasteiger partial charge in [-0.15, -0.1) is 0 Å². The van der Waals surface area contributed by atoms with Crippen molar-refractivity contribution in [2.45, 2.75) is 31.5 Å². The van der Waals surface area contributed by atoms with Gasteiger partial charge in [0.05, 0.1) is 10.9 Å². The molecule has 0 aliphatic carbocycles. The van der Waals surface area contributed by atoms with Gasteiger partial charge in [-0.25, -0.2) is 4.98 Å². The maximum Gasteiger partial charge on any atom is 0.262 e. The lowest BCUT2D eigenvalue weighted by Crippen LogP contribution is -2.25. The number of fused-ring (bicyclic) bond motifs is 1.